The lowest BCUT2D eigenvalue weighted by Crippen LogP contribution is -2.40. The maximum atomic E-state index is 10.7. The number of methoxy groups -OCH3 is 1. The van der Waals surface area contributed by atoms with Crippen LogP contribution in [0.25, 0.3) is 0 Å². The molecule has 0 radical (unpaired) electrons. The lowest BCUT2D eigenvalue weighted by atomic mass is 10.7. The minimum atomic E-state index is -3.93. The molecule has 0 unspecified atom stereocenters. The third kappa shape index (κ3) is 5.89. The molecule has 0 aliphatic rings. The van der Waals surface area contributed by atoms with Crippen molar-refractivity contribution in [3.63, 3.8) is 0 Å². The summed E-state index contributed by atoms with van der Waals surface area (Å²) in [7, 11) is -2.53. The molecule has 0 bridgehead atoms. The van der Waals surface area contributed by atoms with Crippen molar-refractivity contribution in [2.45, 2.75) is 0 Å². The average molecular weight is 198 g/mol. The Hall–Kier alpha value is -0.860. The number of hydrogen-bond acceptors (Lipinski definition) is 4. The van der Waals surface area contributed by atoms with E-state index in [0.717, 1.165) is 0 Å². The molecule has 72 valence electrons. The molecule has 0 aromatic rings. The van der Waals surface area contributed by atoms with Crippen molar-refractivity contribution in [1.82, 2.24) is 9.44 Å². The molecule has 0 rings (SSSR count). The Bertz CT molecular complexity index is 236. The van der Waals surface area contributed by atoms with Gasteiger partial charge in [-0.25, -0.2) is 9.52 Å². The van der Waals surface area contributed by atoms with Gasteiger partial charge < -0.3 is 9.84 Å². The van der Waals surface area contributed by atoms with E-state index < -0.39 is 16.3 Å². The third-order valence-electron chi connectivity index (χ3n) is 0.820. The van der Waals surface area contributed by atoms with E-state index in [1.165, 1.54) is 11.8 Å². The first kappa shape index (κ1) is 11.1. The Kier molecular flexibility index (Phi) is 4.55. The molecule has 0 aromatic heterocycles. The largest absolute Gasteiger partial charge is 0.464 e. The van der Waals surface area contributed by atoms with Crippen molar-refractivity contribution >= 4 is 16.3 Å². The van der Waals surface area contributed by atoms with Crippen molar-refractivity contribution in [2.75, 3.05) is 20.3 Å². The zero-order valence-corrected chi connectivity index (χ0v) is 7.22. The van der Waals surface area contributed by atoms with Gasteiger partial charge in [0.1, 0.15) is 0 Å². The number of hydrogen-bond donors (Lipinski definition) is 3. The monoisotopic (exact) mass is 198 g/mol. The third-order valence-corrected chi connectivity index (χ3v) is 1.85. The first-order valence-electron chi connectivity index (χ1n) is 2.97. The predicted octanol–water partition coefficient (Wildman–Crippen LogP) is -1.27. The van der Waals surface area contributed by atoms with Crippen LogP contribution in [0, 0.1) is 0 Å². The Morgan fingerprint density at radius 1 is 1.58 bits per heavy atom. The summed E-state index contributed by atoms with van der Waals surface area (Å²) in [6, 6.07) is 0. The maximum absolute atomic E-state index is 10.7. The van der Waals surface area contributed by atoms with Crippen LogP contribution in [0.2, 0.25) is 0 Å². The van der Waals surface area contributed by atoms with E-state index >= 15 is 0 Å². The molecule has 0 spiro atoms. The van der Waals surface area contributed by atoms with Gasteiger partial charge in [-0.3, -0.25) is 0 Å². The molecule has 0 atom stereocenters. The highest BCUT2D eigenvalue weighted by atomic mass is 32.2. The van der Waals surface area contributed by atoms with Crippen LogP contribution < -0.4 is 9.44 Å². The summed E-state index contributed by atoms with van der Waals surface area (Å²) < 4.78 is 29.1. The molecule has 0 saturated carbocycles. The van der Waals surface area contributed by atoms with E-state index in [9.17, 15) is 13.2 Å². The van der Waals surface area contributed by atoms with Crippen molar-refractivity contribution in [2.24, 2.45) is 0 Å². The number of carbonyl (C=O) groups is 1. The summed E-state index contributed by atoms with van der Waals surface area (Å²) in [6.07, 6.45) is -1.63. The summed E-state index contributed by atoms with van der Waals surface area (Å²) in [5.74, 6) is 0. The van der Waals surface area contributed by atoms with Crippen molar-refractivity contribution in [3.8, 4) is 0 Å². The summed E-state index contributed by atoms with van der Waals surface area (Å²) in [4.78, 5) is 9.89. The molecule has 0 heterocycles. The van der Waals surface area contributed by atoms with E-state index in [4.69, 9.17) is 5.11 Å². The predicted molar refractivity (Wildman–Crippen MR) is 40.0 cm³/mol. The molecule has 0 aliphatic carbocycles. The van der Waals surface area contributed by atoms with Crippen molar-refractivity contribution in [3.05, 3.63) is 0 Å². The number of nitrogens with one attached hydrogen (secondary N) is 2. The molecule has 7 nitrogen and oxygen atoms in total. The fourth-order valence-electron chi connectivity index (χ4n) is 0.429. The van der Waals surface area contributed by atoms with Gasteiger partial charge >= 0.3 is 16.3 Å². The van der Waals surface area contributed by atoms with Crippen LogP contribution in [0.4, 0.5) is 4.79 Å². The summed E-state index contributed by atoms with van der Waals surface area (Å²) in [6.45, 7) is 0.208. The van der Waals surface area contributed by atoms with Gasteiger partial charge in [0.2, 0.25) is 0 Å². The normalized spacial score (nSPS) is 11.1. The number of rotatable bonds is 5. The molecule has 3 N–H and O–H groups in total. The molecule has 8 heteroatoms. The fraction of sp³-hybridized carbons (Fsp3) is 0.750. The molecule has 12 heavy (non-hydrogen) atoms. The topological polar surface area (TPSA) is 105 Å². The number of amides is 1. The summed E-state index contributed by atoms with van der Waals surface area (Å²) >= 11 is 0. The standard InChI is InChI=1S/C4H10N2O5S/c1-11-3-2-5-12(9,10)6-4(7)8/h5-6H,2-3H2,1H3,(H,7,8). The Morgan fingerprint density at radius 3 is 2.58 bits per heavy atom. The van der Waals surface area contributed by atoms with Gasteiger partial charge in [-0.05, 0) is 0 Å². The minimum absolute atomic E-state index is 0.0269. The van der Waals surface area contributed by atoms with Gasteiger partial charge in [0.25, 0.3) is 0 Å². The van der Waals surface area contributed by atoms with Gasteiger partial charge in [-0.2, -0.15) is 13.1 Å². The van der Waals surface area contributed by atoms with Crippen molar-refractivity contribution in [1.29, 1.82) is 0 Å². The maximum Gasteiger partial charge on any atom is 0.419 e. The highest BCUT2D eigenvalue weighted by Crippen LogP contribution is 1.76. The van der Waals surface area contributed by atoms with Gasteiger partial charge in [0.15, 0.2) is 0 Å². The lowest BCUT2D eigenvalue weighted by molar-refractivity contribution is 0.199. The van der Waals surface area contributed by atoms with Gasteiger partial charge in [0, 0.05) is 13.7 Å². The Morgan fingerprint density at radius 2 is 2.17 bits per heavy atom. The van der Waals surface area contributed by atoms with E-state index in [-0.39, 0.29) is 13.2 Å². The smallest absolute Gasteiger partial charge is 0.419 e. The molecular formula is C4H10N2O5S. The first-order valence-corrected chi connectivity index (χ1v) is 4.45. The van der Waals surface area contributed by atoms with Gasteiger partial charge in [0.05, 0.1) is 6.61 Å². The van der Waals surface area contributed by atoms with Crippen LogP contribution in [-0.2, 0) is 14.9 Å². The van der Waals surface area contributed by atoms with Crippen molar-refractivity contribution < 1.29 is 23.1 Å². The quantitative estimate of drug-likeness (QED) is 0.478. The highest BCUT2D eigenvalue weighted by Gasteiger charge is 2.10. The molecule has 1 amide bonds. The zero-order valence-electron chi connectivity index (χ0n) is 6.40. The van der Waals surface area contributed by atoms with E-state index in [2.05, 4.69) is 4.74 Å². The van der Waals surface area contributed by atoms with Crippen LogP contribution in [0.3, 0.4) is 0 Å². The van der Waals surface area contributed by atoms with E-state index in [0.29, 0.717) is 0 Å². The molecule has 0 aliphatic heterocycles. The second-order valence-electron chi connectivity index (χ2n) is 1.80. The Labute approximate surface area is 69.9 Å². The molecule has 0 saturated heterocycles. The highest BCUT2D eigenvalue weighted by molar-refractivity contribution is 7.88. The summed E-state index contributed by atoms with van der Waals surface area (Å²) in [5.41, 5.74) is 0. The number of carboxylic acid groups (broad SMARTS) is 1. The molecular weight excluding hydrogens is 188 g/mol. The Balaban J connectivity index is 3.81. The van der Waals surface area contributed by atoms with Crippen LogP contribution in [0.5, 0.6) is 0 Å². The van der Waals surface area contributed by atoms with E-state index in [1.807, 2.05) is 4.72 Å². The second kappa shape index (κ2) is 4.91. The van der Waals surface area contributed by atoms with Gasteiger partial charge in [-0.1, -0.05) is 0 Å². The fourth-order valence-corrected chi connectivity index (χ4v) is 1.08. The molecule has 0 aromatic carbocycles. The summed E-state index contributed by atoms with van der Waals surface area (Å²) in [5, 5.41) is 8.04. The van der Waals surface area contributed by atoms with E-state index in [1.54, 1.807) is 0 Å². The van der Waals surface area contributed by atoms with Gasteiger partial charge in [-0.15, -0.1) is 0 Å². The van der Waals surface area contributed by atoms with Crippen LogP contribution >= 0.6 is 0 Å². The van der Waals surface area contributed by atoms with Crippen LogP contribution in [0.15, 0.2) is 0 Å². The minimum Gasteiger partial charge on any atom is -0.464 e. The van der Waals surface area contributed by atoms with Crippen LogP contribution in [0.1, 0.15) is 0 Å². The average Bonchev–Trinajstić information content (AvgIpc) is 1.84. The second-order valence-corrected chi connectivity index (χ2v) is 3.30. The molecule has 0 fully saturated rings. The number of ether oxygens (including phenoxy) is 1. The first-order chi connectivity index (χ1) is 5.48. The SMILES string of the molecule is COCCNS(=O)(=O)NC(=O)O. The van der Waals surface area contributed by atoms with Crippen LogP contribution in [-0.4, -0.2) is 39.9 Å². The zero-order chi connectivity index (χ0) is 9.61. The lowest BCUT2D eigenvalue weighted by Gasteiger charge is -2.03.